The number of carboxylic acid groups (broad SMARTS) is 1. The number of esters is 2. The van der Waals surface area contributed by atoms with Gasteiger partial charge in [-0.05, 0) is 105 Å². The maximum atomic E-state index is 13.4. The van der Waals surface area contributed by atoms with E-state index in [4.69, 9.17) is 9.47 Å². The number of ether oxygens (including phenoxy) is 2. The van der Waals surface area contributed by atoms with E-state index >= 15 is 0 Å². The van der Waals surface area contributed by atoms with Gasteiger partial charge in [0.05, 0.1) is 0 Å². The number of rotatable bonds is 4. The zero-order chi connectivity index (χ0) is 32.0. The van der Waals surface area contributed by atoms with Gasteiger partial charge in [0.2, 0.25) is 0 Å². The smallest absolute Gasteiger partial charge is 0.333 e. The Morgan fingerprint density at radius 1 is 0.860 bits per heavy atom. The molecule has 0 aromatic carbocycles. The van der Waals surface area contributed by atoms with Crippen LogP contribution in [0.5, 0.6) is 0 Å². The van der Waals surface area contributed by atoms with Gasteiger partial charge in [-0.15, -0.1) is 0 Å². The summed E-state index contributed by atoms with van der Waals surface area (Å²) in [6.07, 6.45) is 11.1. The predicted octanol–water partition coefficient (Wildman–Crippen LogP) is 8.29. The molecule has 6 nitrogen and oxygen atoms in total. The highest BCUT2D eigenvalue weighted by Gasteiger charge is 2.71. The number of hydrogen-bond donors (Lipinski definition) is 1. The van der Waals surface area contributed by atoms with Crippen LogP contribution in [0.4, 0.5) is 0 Å². The number of hydrogen-bond acceptors (Lipinski definition) is 5. The van der Waals surface area contributed by atoms with Gasteiger partial charge in [-0.2, -0.15) is 0 Å². The molecule has 5 unspecified atom stereocenters. The highest BCUT2D eigenvalue weighted by Crippen LogP contribution is 2.76. The highest BCUT2D eigenvalue weighted by atomic mass is 16.5. The van der Waals surface area contributed by atoms with Crippen molar-refractivity contribution < 1.29 is 29.0 Å². The maximum absolute atomic E-state index is 13.4. The van der Waals surface area contributed by atoms with Crippen molar-refractivity contribution >= 4 is 17.9 Å². The first-order valence-electron chi connectivity index (χ1n) is 16.8. The van der Waals surface area contributed by atoms with Crippen LogP contribution in [0.1, 0.15) is 127 Å². The fourth-order valence-electron chi connectivity index (χ4n) is 11.7. The van der Waals surface area contributed by atoms with Crippen LogP contribution in [0.15, 0.2) is 23.3 Å². The highest BCUT2D eigenvalue weighted by molar-refractivity contribution is 5.88. The zero-order valence-corrected chi connectivity index (χ0v) is 28.4. The summed E-state index contributed by atoms with van der Waals surface area (Å²) < 4.78 is 12.0. The SMILES string of the molecule is C/C=C(/C)C(=O)OC1CC(C)(C)CC2C3=CCC4C5(C)CC[C@H](OC(C)=O)C(C)(C)C5CC[C@@]4(C)[C@]3(C)CC[C@@]12C(=O)O. The lowest BCUT2D eigenvalue weighted by Gasteiger charge is -2.71. The molecule has 0 aromatic heterocycles. The molecule has 0 amide bonds. The van der Waals surface area contributed by atoms with E-state index in [1.807, 2.05) is 6.92 Å². The van der Waals surface area contributed by atoms with Crippen molar-refractivity contribution in [2.45, 2.75) is 139 Å². The normalized spacial score (nSPS) is 44.8. The van der Waals surface area contributed by atoms with E-state index in [2.05, 4.69) is 54.5 Å². The Bertz CT molecular complexity index is 1260. The van der Waals surface area contributed by atoms with Crippen LogP contribution in [-0.4, -0.2) is 35.2 Å². The lowest BCUT2D eigenvalue weighted by molar-refractivity contribution is -0.219. The van der Waals surface area contributed by atoms with Gasteiger partial charge < -0.3 is 14.6 Å². The van der Waals surface area contributed by atoms with Crippen molar-refractivity contribution in [1.82, 2.24) is 0 Å². The van der Waals surface area contributed by atoms with E-state index in [1.165, 1.54) is 12.5 Å². The molecule has 9 atom stereocenters. The molecular formula is C37H56O6. The van der Waals surface area contributed by atoms with Gasteiger partial charge in [0.25, 0.3) is 0 Å². The first-order valence-corrected chi connectivity index (χ1v) is 16.8. The van der Waals surface area contributed by atoms with Crippen LogP contribution >= 0.6 is 0 Å². The number of allylic oxidation sites excluding steroid dienone is 3. The van der Waals surface area contributed by atoms with Crippen molar-refractivity contribution in [3.63, 3.8) is 0 Å². The van der Waals surface area contributed by atoms with Crippen LogP contribution in [0.25, 0.3) is 0 Å². The van der Waals surface area contributed by atoms with Crippen LogP contribution in [0, 0.1) is 50.2 Å². The third kappa shape index (κ3) is 4.49. The monoisotopic (exact) mass is 596 g/mol. The minimum atomic E-state index is -1.11. The zero-order valence-electron chi connectivity index (χ0n) is 28.4. The van der Waals surface area contributed by atoms with Gasteiger partial charge in [0.15, 0.2) is 0 Å². The topological polar surface area (TPSA) is 89.9 Å². The molecule has 0 bridgehead atoms. The lowest BCUT2D eigenvalue weighted by Crippen LogP contribution is -2.67. The number of carboxylic acids is 1. The third-order valence-electron chi connectivity index (χ3n) is 14.3. The Morgan fingerprint density at radius 2 is 1.53 bits per heavy atom. The molecule has 0 spiro atoms. The Morgan fingerprint density at radius 3 is 2.14 bits per heavy atom. The van der Waals surface area contributed by atoms with E-state index in [0.29, 0.717) is 30.3 Å². The molecule has 4 fully saturated rings. The fraction of sp³-hybridized carbons (Fsp3) is 0.811. The summed E-state index contributed by atoms with van der Waals surface area (Å²) in [6, 6.07) is 0. The quantitative estimate of drug-likeness (QED) is 0.199. The average molecular weight is 597 g/mol. The summed E-state index contributed by atoms with van der Waals surface area (Å²) in [6.45, 7) is 21.5. The largest absolute Gasteiger partial charge is 0.481 e. The van der Waals surface area contributed by atoms with Gasteiger partial charge in [0, 0.05) is 23.8 Å². The molecule has 0 aliphatic heterocycles. The van der Waals surface area contributed by atoms with Crippen molar-refractivity contribution in [2.75, 3.05) is 0 Å². The Hall–Kier alpha value is -2.11. The number of aliphatic carboxylic acids is 1. The number of carbonyl (C=O) groups excluding carboxylic acids is 2. The second-order valence-electron chi connectivity index (χ2n) is 17.1. The Kier molecular flexibility index (Phi) is 7.66. The molecule has 0 saturated heterocycles. The van der Waals surface area contributed by atoms with E-state index < -0.39 is 23.5 Å². The minimum Gasteiger partial charge on any atom is -0.481 e. The second-order valence-corrected chi connectivity index (χ2v) is 17.1. The van der Waals surface area contributed by atoms with Crippen molar-refractivity contribution in [2.24, 2.45) is 50.2 Å². The van der Waals surface area contributed by atoms with Gasteiger partial charge in [-0.1, -0.05) is 66.2 Å². The summed E-state index contributed by atoms with van der Waals surface area (Å²) in [4.78, 5) is 38.5. The molecule has 4 saturated carbocycles. The van der Waals surface area contributed by atoms with Crippen LogP contribution in [-0.2, 0) is 23.9 Å². The van der Waals surface area contributed by atoms with E-state index in [0.717, 1.165) is 44.9 Å². The van der Waals surface area contributed by atoms with Crippen molar-refractivity contribution in [3.05, 3.63) is 23.3 Å². The summed E-state index contributed by atoms with van der Waals surface area (Å²) in [5, 5.41) is 11.0. The molecule has 0 radical (unpaired) electrons. The first-order chi connectivity index (χ1) is 19.8. The van der Waals surface area contributed by atoms with E-state index in [-0.39, 0.29) is 45.1 Å². The first kappa shape index (κ1) is 32.3. The summed E-state index contributed by atoms with van der Waals surface area (Å²) in [5.74, 6) is -0.671. The van der Waals surface area contributed by atoms with E-state index in [9.17, 15) is 19.5 Å². The minimum absolute atomic E-state index is 0.0205. The fourth-order valence-corrected chi connectivity index (χ4v) is 11.7. The summed E-state index contributed by atoms with van der Waals surface area (Å²) in [5.41, 5.74) is 0.449. The summed E-state index contributed by atoms with van der Waals surface area (Å²) in [7, 11) is 0. The maximum Gasteiger partial charge on any atom is 0.333 e. The molecule has 5 rings (SSSR count). The Labute approximate surface area is 259 Å². The molecule has 6 heteroatoms. The van der Waals surface area contributed by atoms with Gasteiger partial charge in [-0.3, -0.25) is 9.59 Å². The molecule has 240 valence electrons. The molecule has 5 aliphatic carbocycles. The molecule has 43 heavy (non-hydrogen) atoms. The molecule has 5 aliphatic rings. The predicted molar refractivity (Wildman–Crippen MR) is 167 cm³/mol. The standard InChI is InChI=1S/C37H56O6/c1-11-22(2)30(39)43-29-21-32(4,5)20-25-24-12-13-27-34(8)16-15-28(42-23(3)38)33(6,7)26(34)14-17-36(27,10)35(24,9)18-19-37(25,29)31(40)41/h11-12,25-29H,13-21H2,1-10H3,(H,40,41)/b22-11-/t25?,26?,27?,28-,29?,34?,35+,36+,37-/m0/s1. The van der Waals surface area contributed by atoms with Crippen molar-refractivity contribution in [1.29, 1.82) is 0 Å². The van der Waals surface area contributed by atoms with Crippen molar-refractivity contribution in [3.8, 4) is 0 Å². The second kappa shape index (κ2) is 10.2. The van der Waals surface area contributed by atoms with E-state index in [1.54, 1.807) is 13.0 Å². The summed E-state index contributed by atoms with van der Waals surface area (Å²) >= 11 is 0. The Balaban J connectivity index is 1.57. The molecule has 0 aromatic rings. The molecular weight excluding hydrogens is 540 g/mol. The van der Waals surface area contributed by atoms with Crippen LogP contribution in [0.2, 0.25) is 0 Å². The van der Waals surface area contributed by atoms with Gasteiger partial charge in [0.1, 0.15) is 17.6 Å². The van der Waals surface area contributed by atoms with Crippen LogP contribution < -0.4 is 0 Å². The molecule has 0 heterocycles. The number of fused-ring (bicyclic) bond motifs is 7. The van der Waals surface area contributed by atoms with Gasteiger partial charge >= 0.3 is 17.9 Å². The van der Waals surface area contributed by atoms with Gasteiger partial charge in [-0.25, -0.2) is 4.79 Å². The lowest BCUT2D eigenvalue weighted by atomic mass is 9.33. The van der Waals surface area contributed by atoms with Crippen LogP contribution in [0.3, 0.4) is 0 Å². The number of carbonyl (C=O) groups is 3. The molecule has 1 N–H and O–H groups in total. The third-order valence-corrected chi connectivity index (χ3v) is 14.3. The average Bonchev–Trinajstić information content (AvgIpc) is 2.89.